The number of halogens is 1. The molecule has 4 rings (SSSR count). The molecule has 3 aromatic rings. The first-order chi connectivity index (χ1) is 14.1. The molecule has 0 spiro atoms. The smallest absolute Gasteiger partial charge is 0.407 e. The van der Waals surface area contributed by atoms with Crippen molar-refractivity contribution in [2.24, 2.45) is 0 Å². The summed E-state index contributed by atoms with van der Waals surface area (Å²) >= 11 is 1.54. The SMILES string of the molecule is O=C(Nc1cccc(-c2csc3ccccc23)c1F)[C@@H]1CCCCCN1C(=O)O. The van der Waals surface area contributed by atoms with Crippen LogP contribution in [0.3, 0.4) is 0 Å². The number of rotatable bonds is 3. The van der Waals surface area contributed by atoms with Crippen LogP contribution in [0.4, 0.5) is 14.9 Å². The lowest BCUT2D eigenvalue weighted by Crippen LogP contribution is -2.46. The fourth-order valence-electron chi connectivity index (χ4n) is 3.85. The van der Waals surface area contributed by atoms with E-state index in [1.54, 1.807) is 12.1 Å². The Labute approximate surface area is 171 Å². The van der Waals surface area contributed by atoms with Gasteiger partial charge in [0.25, 0.3) is 0 Å². The average Bonchev–Trinajstić information content (AvgIpc) is 2.97. The van der Waals surface area contributed by atoms with Crippen LogP contribution in [0.2, 0.25) is 0 Å². The van der Waals surface area contributed by atoms with E-state index in [0.29, 0.717) is 18.5 Å². The minimum Gasteiger partial charge on any atom is -0.465 e. The number of benzene rings is 2. The number of carbonyl (C=O) groups excluding carboxylic acids is 1. The number of hydrogen-bond donors (Lipinski definition) is 2. The molecule has 2 heterocycles. The van der Waals surface area contributed by atoms with Gasteiger partial charge in [0.15, 0.2) is 5.82 Å². The molecule has 5 nitrogen and oxygen atoms in total. The van der Waals surface area contributed by atoms with E-state index in [4.69, 9.17) is 0 Å². The van der Waals surface area contributed by atoms with Crippen LogP contribution in [-0.4, -0.2) is 34.6 Å². The molecule has 0 aliphatic carbocycles. The van der Waals surface area contributed by atoms with Crippen LogP contribution >= 0.6 is 11.3 Å². The first kappa shape index (κ1) is 19.4. The van der Waals surface area contributed by atoms with Gasteiger partial charge in [-0.15, -0.1) is 11.3 Å². The summed E-state index contributed by atoms with van der Waals surface area (Å²) in [6.07, 6.45) is 1.69. The van der Waals surface area contributed by atoms with Gasteiger partial charge in [0.2, 0.25) is 5.91 Å². The highest BCUT2D eigenvalue weighted by molar-refractivity contribution is 7.17. The van der Waals surface area contributed by atoms with Gasteiger partial charge in [0.1, 0.15) is 6.04 Å². The molecule has 2 N–H and O–H groups in total. The third-order valence-electron chi connectivity index (χ3n) is 5.33. The maximum atomic E-state index is 15.3. The van der Waals surface area contributed by atoms with Crippen molar-refractivity contribution in [3.05, 3.63) is 53.7 Å². The Morgan fingerprint density at radius 3 is 2.72 bits per heavy atom. The number of nitrogens with one attached hydrogen (secondary N) is 1. The summed E-state index contributed by atoms with van der Waals surface area (Å²) in [6.45, 7) is 0.316. The van der Waals surface area contributed by atoms with Crippen LogP contribution in [0.5, 0.6) is 0 Å². The molecule has 1 aliphatic rings. The van der Waals surface area contributed by atoms with Gasteiger partial charge in [-0.05, 0) is 30.4 Å². The highest BCUT2D eigenvalue weighted by Crippen LogP contribution is 2.37. The molecule has 2 amide bonds. The summed E-state index contributed by atoms with van der Waals surface area (Å²) in [6, 6.07) is 11.9. The molecule has 1 aromatic heterocycles. The predicted octanol–water partition coefficient (Wildman–Crippen LogP) is 5.57. The second kappa shape index (κ2) is 8.21. The lowest BCUT2D eigenvalue weighted by Gasteiger charge is -2.26. The summed E-state index contributed by atoms with van der Waals surface area (Å²) in [5.74, 6) is -1.000. The van der Waals surface area contributed by atoms with E-state index in [1.165, 1.54) is 17.4 Å². The Balaban J connectivity index is 1.63. The van der Waals surface area contributed by atoms with Gasteiger partial charge in [-0.25, -0.2) is 9.18 Å². The van der Waals surface area contributed by atoms with Crippen molar-refractivity contribution in [2.75, 3.05) is 11.9 Å². The molecule has 1 aliphatic heterocycles. The molecule has 1 fully saturated rings. The van der Waals surface area contributed by atoms with E-state index in [-0.39, 0.29) is 5.69 Å². The van der Waals surface area contributed by atoms with Crippen LogP contribution in [0.1, 0.15) is 25.7 Å². The first-order valence-electron chi connectivity index (χ1n) is 9.62. The molecule has 2 aromatic carbocycles. The predicted molar refractivity (Wildman–Crippen MR) is 113 cm³/mol. The van der Waals surface area contributed by atoms with E-state index >= 15 is 4.39 Å². The van der Waals surface area contributed by atoms with E-state index in [2.05, 4.69) is 5.32 Å². The maximum absolute atomic E-state index is 15.3. The number of thiophene rings is 1. The second-order valence-electron chi connectivity index (χ2n) is 7.14. The number of fused-ring (bicyclic) bond motifs is 1. The van der Waals surface area contributed by atoms with E-state index < -0.39 is 23.9 Å². The van der Waals surface area contributed by atoms with E-state index in [9.17, 15) is 14.7 Å². The van der Waals surface area contributed by atoms with Gasteiger partial charge < -0.3 is 10.4 Å². The van der Waals surface area contributed by atoms with Crippen molar-refractivity contribution in [2.45, 2.75) is 31.7 Å². The minimum absolute atomic E-state index is 0.0670. The van der Waals surface area contributed by atoms with Crippen molar-refractivity contribution in [1.29, 1.82) is 0 Å². The van der Waals surface area contributed by atoms with Gasteiger partial charge in [-0.2, -0.15) is 0 Å². The van der Waals surface area contributed by atoms with Crippen molar-refractivity contribution in [1.82, 2.24) is 4.90 Å². The molecule has 0 unspecified atom stereocenters. The summed E-state index contributed by atoms with van der Waals surface area (Å²) in [7, 11) is 0. The van der Waals surface area contributed by atoms with Gasteiger partial charge in [-0.3, -0.25) is 9.69 Å². The number of carboxylic acid groups (broad SMARTS) is 1. The van der Waals surface area contributed by atoms with Crippen LogP contribution in [-0.2, 0) is 4.79 Å². The first-order valence-corrected chi connectivity index (χ1v) is 10.5. The second-order valence-corrected chi connectivity index (χ2v) is 8.05. The molecular weight excluding hydrogens is 391 g/mol. The van der Waals surface area contributed by atoms with Crippen LogP contribution < -0.4 is 5.32 Å². The van der Waals surface area contributed by atoms with Crippen molar-refractivity contribution < 1.29 is 19.1 Å². The van der Waals surface area contributed by atoms with Gasteiger partial charge in [-0.1, -0.05) is 43.2 Å². The third kappa shape index (κ3) is 3.82. The lowest BCUT2D eigenvalue weighted by molar-refractivity contribution is -0.120. The number of carbonyl (C=O) groups is 2. The Bertz CT molecular complexity index is 1070. The highest BCUT2D eigenvalue weighted by atomic mass is 32.1. The van der Waals surface area contributed by atoms with Gasteiger partial charge in [0.05, 0.1) is 5.69 Å². The molecular formula is C22H21FN2O3S. The molecule has 150 valence electrons. The quantitative estimate of drug-likeness (QED) is 0.591. The molecule has 29 heavy (non-hydrogen) atoms. The largest absolute Gasteiger partial charge is 0.465 e. The summed E-state index contributed by atoms with van der Waals surface area (Å²) < 4.78 is 16.3. The average molecular weight is 412 g/mol. The summed E-state index contributed by atoms with van der Waals surface area (Å²) in [4.78, 5) is 25.5. The van der Waals surface area contributed by atoms with Crippen molar-refractivity contribution >= 4 is 39.1 Å². The van der Waals surface area contributed by atoms with E-state index in [0.717, 1.165) is 39.8 Å². The van der Waals surface area contributed by atoms with Crippen molar-refractivity contribution in [3.8, 4) is 11.1 Å². The Morgan fingerprint density at radius 1 is 1.07 bits per heavy atom. The Kier molecular flexibility index (Phi) is 5.49. The zero-order valence-electron chi connectivity index (χ0n) is 15.7. The third-order valence-corrected chi connectivity index (χ3v) is 6.29. The van der Waals surface area contributed by atoms with Gasteiger partial charge in [0, 0.05) is 27.8 Å². The summed E-state index contributed by atoms with van der Waals surface area (Å²) in [5.41, 5.74) is 1.26. The number of likely N-dealkylation sites (tertiary alicyclic amines) is 1. The van der Waals surface area contributed by atoms with Crippen LogP contribution in [0, 0.1) is 5.82 Å². The fraction of sp³-hybridized carbons (Fsp3) is 0.273. The lowest BCUT2D eigenvalue weighted by atomic mass is 10.0. The number of nitrogens with zero attached hydrogens (tertiary/aromatic N) is 1. The molecule has 0 bridgehead atoms. The Morgan fingerprint density at radius 2 is 1.90 bits per heavy atom. The molecule has 0 saturated carbocycles. The highest BCUT2D eigenvalue weighted by Gasteiger charge is 2.31. The minimum atomic E-state index is -1.12. The zero-order valence-corrected chi connectivity index (χ0v) is 16.5. The normalized spacial score (nSPS) is 17.1. The van der Waals surface area contributed by atoms with Gasteiger partial charge >= 0.3 is 6.09 Å². The molecule has 1 atom stereocenters. The van der Waals surface area contributed by atoms with Crippen molar-refractivity contribution in [3.63, 3.8) is 0 Å². The van der Waals surface area contributed by atoms with Crippen LogP contribution in [0.25, 0.3) is 21.2 Å². The number of hydrogen-bond acceptors (Lipinski definition) is 3. The molecule has 7 heteroatoms. The van der Waals surface area contributed by atoms with E-state index in [1.807, 2.05) is 29.6 Å². The summed E-state index contributed by atoms with van der Waals surface area (Å²) in [5, 5.41) is 14.9. The topological polar surface area (TPSA) is 69.6 Å². The number of amides is 2. The Hall–Kier alpha value is -2.93. The fourth-order valence-corrected chi connectivity index (χ4v) is 4.81. The number of anilines is 1. The maximum Gasteiger partial charge on any atom is 0.407 e. The zero-order chi connectivity index (χ0) is 20.4. The molecule has 0 radical (unpaired) electrons. The van der Waals surface area contributed by atoms with Crippen LogP contribution in [0.15, 0.2) is 47.8 Å². The standard InChI is InChI=1S/C22H21FN2O3S/c23-20-15(16-13-29-19-11-4-3-7-14(16)19)8-6-9-17(20)24-21(26)18-10-2-1-5-12-25(18)22(27)28/h3-4,6-9,11,13,18H,1-2,5,10,12H2,(H,24,26)(H,27,28)/t18-/m0/s1. The monoisotopic (exact) mass is 412 g/mol. The molecule has 1 saturated heterocycles.